The molecule has 0 bridgehead atoms. The summed E-state index contributed by atoms with van der Waals surface area (Å²) in [6.45, 7) is 0.744. The second-order valence-electron chi connectivity index (χ2n) is 6.87. The number of rotatable bonds is 5. The standard InChI is InChI=1S/C21H21F3N2O3S/c22-21(23,24)17(16-9-3-1-4-10-16)15-20(27)25-18-11-5-6-12-19(18)30(28,29)26-13-7-2-8-14-26/h1,3-6,9-12,15H,2,7-8,13-14H2,(H,25,27)/b17-15-. The number of carbonyl (C=O) groups excluding carboxylic acids is 1. The van der Waals surface area contributed by atoms with Crippen LogP contribution in [0.25, 0.3) is 5.57 Å². The molecule has 160 valence electrons. The van der Waals surface area contributed by atoms with Crippen molar-refractivity contribution in [1.29, 1.82) is 0 Å². The van der Waals surface area contributed by atoms with Crippen molar-refractivity contribution in [1.82, 2.24) is 4.31 Å². The molecule has 0 aliphatic carbocycles. The quantitative estimate of drug-likeness (QED) is 0.702. The number of nitrogens with zero attached hydrogens (tertiary/aromatic N) is 1. The zero-order chi connectivity index (χ0) is 21.8. The average Bonchev–Trinajstić information content (AvgIpc) is 2.73. The van der Waals surface area contributed by atoms with Crippen molar-refractivity contribution in [2.24, 2.45) is 0 Å². The molecule has 0 saturated carbocycles. The largest absolute Gasteiger partial charge is 0.417 e. The van der Waals surface area contributed by atoms with Gasteiger partial charge in [-0.05, 0) is 30.5 Å². The Labute approximate surface area is 173 Å². The molecule has 0 radical (unpaired) electrons. The zero-order valence-corrected chi connectivity index (χ0v) is 16.8. The molecule has 0 aromatic heterocycles. The van der Waals surface area contributed by atoms with Crippen LogP contribution < -0.4 is 5.32 Å². The molecule has 1 aliphatic heterocycles. The molecule has 1 heterocycles. The fraction of sp³-hybridized carbons (Fsp3) is 0.286. The van der Waals surface area contributed by atoms with Gasteiger partial charge in [0.2, 0.25) is 15.9 Å². The Bertz CT molecular complexity index is 1030. The third-order valence-electron chi connectivity index (χ3n) is 4.74. The first-order valence-electron chi connectivity index (χ1n) is 9.44. The predicted octanol–water partition coefficient (Wildman–Crippen LogP) is 4.45. The van der Waals surface area contributed by atoms with E-state index < -0.39 is 27.7 Å². The zero-order valence-electron chi connectivity index (χ0n) is 16.0. The number of allylic oxidation sites excluding steroid dienone is 1. The molecule has 30 heavy (non-hydrogen) atoms. The van der Waals surface area contributed by atoms with Gasteiger partial charge in [-0.3, -0.25) is 4.79 Å². The maximum atomic E-state index is 13.5. The minimum absolute atomic E-state index is 0.0566. The maximum Gasteiger partial charge on any atom is 0.417 e. The summed E-state index contributed by atoms with van der Waals surface area (Å²) in [5.41, 5.74) is -1.33. The summed E-state index contributed by atoms with van der Waals surface area (Å²) in [5.74, 6) is -1.06. The minimum Gasteiger partial charge on any atom is -0.321 e. The summed E-state index contributed by atoms with van der Waals surface area (Å²) in [5, 5.41) is 2.31. The lowest BCUT2D eigenvalue weighted by molar-refractivity contribution is -0.112. The van der Waals surface area contributed by atoms with Crippen LogP contribution in [0.5, 0.6) is 0 Å². The lowest BCUT2D eigenvalue weighted by Crippen LogP contribution is -2.36. The highest BCUT2D eigenvalue weighted by molar-refractivity contribution is 7.89. The van der Waals surface area contributed by atoms with Crippen LogP contribution in [-0.2, 0) is 14.8 Å². The van der Waals surface area contributed by atoms with E-state index in [0.29, 0.717) is 19.2 Å². The molecule has 1 saturated heterocycles. The fourth-order valence-electron chi connectivity index (χ4n) is 3.29. The van der Waals surface area contributed by atoms with Crippen LogP contribution in [0.2, 0.25) is 0 Å². The number of amides is 1. The summed E-state index contributed by atoms with van der Waals surface area (Å²) in [6.07, 6.45) is -1.89. The topological polar surface area (TPSA) is 66.5 Å². The highest BCUT2D eigenvalue weighted by Crippen LogP contribution is 2.34. The number of anilines is 1. The van der Waals surface area contributed by atoms with E-state index >= 15 is 0 Å². The van der Waals surface area contributed by atoms with E-state index in [-0.39, 0.29) is 16.1 Å². The number of hydrogen-bond donors (Lipinski definition) is 1. The lowest BCUT2D eigenvalue weighted by Gasteiger charge is -2.26. The number of hydrogen-bond acceptors (Lipinski definition) is 3. The van der Waals surface area contributed by atoms with Gasteiger partial charge in [-0.25, -0.2) is 8.42 Å². The molecular weight excluding hydrogens is 417 g/mol. The van der Waals surface area contributed by atoms with Gasteiger partial charge in [0, 0.05) is 19.2 Å². The first-order chi connectivity index (χ1) is 14.2. The second kappa shape index (κ2) is 9.01. The van der Waals surface area contributed by atoms with Crippen molar-refractivity contribution in [2.45, 2.75) is 30.3 Å². The summed E-state index contributed by atoms with van der Waals surface area (Å²) < 4.78 is 67.7. The van der Waals surface area contributed by atoms with Gasteiger partial charge in [-0.1, -0.05) is 48.9 Å². The smallest absolute Gasteiger partial charge is 0.321 e. The lowest BCUT2D eigenvalue weighted by atomic mass is 10.1. The van der Waals surface area contributed by atoms with Crippen LogP contribution in [0.4, 0.5) is 18.9 Å². The number of sulfonamides is 1. The van der Waals surface area contributed by atoms with E-state index in [1.54, 1.807) is 6.07 Å². The number of halogens is 3. The number of piperidine rings is 1. The van der Waals surface area contributed by atoms with E-state index in [9.17, 15) is 26.4 Å². The van der Waals surface area contributed by atoms with Crippen molar-refractivity contribution in [3.05, 3.63) is 66.2 Å². The summed E-state index contributed by atoms with van der Waals surface area (Å²) in [4.78, 5) is 12.3. The highest BCUT2D eigenvalue weighted by atomic mass is 32.2. The minimum atomic E-state index is -4.75. The number of nitrogens with one attached hydrogen (secondary N) is 1. The number of carbonyl (C=O) groups is 1. The Hall–Kier alpha value is -2.65. The van der Waals surface area contributed by atoms with E-state index in [4.69, 9.17) is 0 Å². The molecule has 3 rings (SSSR count). The third kappa shape index (κ3) is 5.09. The van der Waals surface area contributed by atoms with Crippen molar-refractivity contribution >= 4 is 27.2 Å². The van der Waals surface area contributed by atoms with Gasteiger partial charge in [-0.15, -0.1) is 0 Å². The number of alkyl halides is 3. The maximum absolute atomic E-state index is 13.5. The second-order valence-corrected chi connectivity index (χ2v) is 8.78. The van der Waals surface area contributed by atoms with E-state index in [1.807, 2.05) is 0 Å². The molecule has 2 aromatic carbocycles. The predicted molar refractivity (Wildman–Crippen MR) is 108 cm³/mol. The molecule has 2 aromatic rings. The van der Waals surface area contributed by atoms with Gasteiger partial charge in [-0.2, -0.15) is 17.5 Å². The van der Waals surface area contributed by atoms with Crippen molar-refractivity contribution < 1.29 is 26.4 Å². The molecule has 0 atom stereocenters. The Morgan fingerprint density at radius 2 is 1.53 bits per heavy atom. The first-order valence-corrected chi connectivity index (χ1v) is 10.9. The van der Waals surface area contributed by atoms with Crippen molar-refractivity contribution in [3.63, 3.8) is 0 Å². The number of benzene rings is 2. The molecule has 1 amide bonds. The third-order valence-corrected chi connectivity index (χ3v) is 6.70. The Morgan fingerprint density at radius 3 is 2.17 bits per heavy atom. The van der Waals surface area contributed by atoms with Gasteiger partial charge in [0.25, 0.3) is 0 Å². The van der Waals surface area contributed by atoms with Crippen molar-refractivity contribution in [2.75, 3.05) is 18.4 Å². The van der Waals surface area contributed by atoms with Crippen LogP contribution >= 0.6 is 0 Å². The molecule has 1 aliphatic rings. The Kier molecular flexibility index (Phi) is 6.62. The molecule has 0 spiro atoms. The van der Waals surface area contributed by atoms with Crippen LogP contribution in [0.15, 0.2) is 65.6 Å². The van der Waals surface area contributed by atoms with Crippen LogP contribution in [0.3, 0.4) is 0 Å². The van der Waals surface area contributed by atoms with Crippen molar-refractivity contribution in [3.8, 4) is 0 Å². The van der Waals surface area contributed by atoms with Crippen LogP contribution in [0.1, 0.15) is 24.8 Å². The van der Waals surface area contributed by atoms with E-state index in [2.05, 4.69) is 5.32 Å². The molecule has 1 fully saturated rings. The monoisotopic (exact) mass is 438 g/mol. The highest BCUT2D eigenvalue weighted by Gasteiger charge is 2.35. The molecule has 5 nitrogen and oxygen atoms in total. The average molecular weight is 438 g/mol. The molecule has 0 unspecified atom stereocenters. The number of para-hydroxylation sites is 1. The first kappa shape index (κ1) is 22.0. The summed E-state index contributed by atoms with van der Waals surface area (Å²) in [6, 6.07) is 12.7. The van der Waals surface area contributed by atoms with Gasteiger partial charge in [0.1, 0.15) is 4.90 Å². The van der Waals surface area contributed by atoms with Crippen LogP contribution in [0, 0.1) is 0 Å². The SMILES string of the molecule is O=C(/C=C(/c1ccccc1)C(F)(F)F)Nc1ccccc1S(=O)(=O)N1CCCCC1. The Balaban J connectivity index is 1.91. The molecular formula is C21H21F3N2O3S. The summed E-state index contributed by atoms with van der Waals surface area (Å²) in [7, 11) is -3.87. The van der Waals surface area contributed by atoms with Gasteiger partial charge in [0.15, 0.2) is 0 Å². The van der Waals surface area contributed by atoms with E-state index in [1.165, 1.54) is 52.8 Å². The van der Waals surface area contributed by atoms with E-state index in [0.717, 1.165) is 19.3 Å². The molecule has 9 heteroatoms. The summed E-state index contributed by atoms with van der Waals surface area (Å²) >= 11 is 0. The molecule has 1 N–H and O–H groups in total. The van der Waals surface area contributed by atoms with Gasteiger partial charge >= 0.3 is 6.18 Å². The normalized spacial score (nSPS) is 16.3. The van der Waals surface area contributed by atoms with Gasteiger partial charge in [0.05, 0.1) is 11.3 Å². The van der Waals surface area contributed by atoms with Gasteiger partial charge < -0.3 is 5.32 Å². The van der Waals surface area contributed by atoms with Crippen LogP contribution in [-0.4, -0.2) is 37.9 Å². The Morgan fingerprint density at radius 1 is 0.933 bits per heavy atom. The fourth-order valence-corrected chi connectivity index (χ4v) is 4.95.